The number of fused-ring (bicyclic) bond motifs is 2. The summed E-state index contributed by atoms with van der Waals surface area (Å²) in [6.45, 7) is 3.61. The van der Waals surface area contributed by atoms with Gasteiger partial charge in [-0.2, -0.15) is 0 Å². The molecule has 1 aromatic carbocycles. The van der Waals surface area contributed by atoms with Gasteiger partial charge in [-0.25, -0.2) is 4.39 Å². The van der Waals surface area contributed by atoms with Crippen LogP contribution in [0, 0.1) is 5.82 Å². The van der Waals surface area contributed by atoms with Crippen molar-refractivity contribution in [3.8, 4) is 0 Å². The number of nitrogens with one attached hydrogen (secondary N) is 1. The summed E-state index contributed by atoms with van der Waals surface area (Å²) in [7, 11) is 0. The Hall–Kier alpha value is -0.930. The molecule has 1 N–H and O–H groups in total. The summed E-state index contributed by atoms with van der Waals surface area (Å²) >= 11 is 0. The highest BCUT2D eigenvalue weighted by Gasteiger charge is 2.42. The minimum absolute atomic E-state index is 0.165. The molecule has 3 rings (SSSR count). The highest BCUT2D eigenvalue weighted by atomic mass is 19.1. The summed E-state index contributed by atoms with van der Waals surface area (Å²) in [6.07, 6.45) is 1.96. The molecular formula is C13H16FNO. The lowest BCUT2D eigenvalue weighted by molar-refractivity contribution is -0.0844. The molecule has 0 radical (unpaired) electrons. The van der Waals surface area contributed by atoms with E-state index in [0.717, 1.165) is 24.9 Å². The maximum Gasteiger partial charge on any atom is 0.123 e. The molecule has 0 bridgehead atoms. The Kier molecular flexibility index (Phi) is 2.26. The largest absolute Gasteiger partial charge is 0.367 e. The lowest BCUT2D eigenvalue weighted by atomic mass is 9.93. The number of benzene rings is 1. The fourth-order valence-electron chi connectivity index (χ4n) is 2.73. The van der Waals surface area contributed by atoms with Crippen molar-refractivity contribution in [2.75, 3.05) is 13.2 Å². The normalized spacial score (nSPS) is 33.0. The van der Waals surface area contributed by atoms with Gasteiger partial charge in [0, 0.05) is 12.6 Å². The van der Waals surface area contributed by atoms with Gasteiger partial charge in [0.2, 0.25) is 0 Å². The number of rotatable bonds is 0. The molecule has 1 heterocycles. The van der Waals surface area contributed by atoms with Crippen LogP contribution in [0.25, 0.3) is 0 Å². The summed E-state index contributed by atoms with van der Waals surface area (Å²) in [5.41, 5.74) is 2.01. The van der Waals surface area contributed by atoms with Gasteiger partial charge in [0.1, 0.15) is 11.4 Å². The maximum atomic E-state index is 13.3. The minimum Gasteiger partial charge on any atom is -0.367 e. The summed E-state index contributed by atoms with van der Waals surface area (Å²) < 4.78 is 19.3. The molecule has 0 aromatic heterocycles. The molecule has 1 aliphatic heterocycles. The van der Waals surface area contributed by atoms with E-state index < -0.39 is 0 Å². The molecule has 0 saturated carbocycles. The first-order chi connectivity index (χ1) is 7.70. The molecule has 1 aromatic rings. The molecule has 2 unspecified atom stereocenters. The Labute approximate surface area is 94.8 Å². The van der Waals surface area contributed by atoms with E-state index in [9.17, 15) is 4.39 Å². The molecule has 1 fully saturated rings. The van der Waals surface area contributed by atoms with E-state index in [1.165, 1.54) is 11.6 Å². The lowest BCUT2D eigenvalue weighted by Crippen LogP contribution is -2.50. The van der Waals surface area contributed by atoms with Gasteiger partial charge >= 0.3 is 0 Å². The summed E-state index contributed by atoms with van der Waals surface area (Å²) in [5, 5.41) is 3.43. The Bertz CT molecular complexity index is 410. The molecule has 1 saturated heterocycles. The Morgan fingerprint density at radius 2 is 2.38 bits per heavy atom. The quantitative estimate of drug-likeness (QED) is 0.723. The van der Waals surface area contributed by atoms with E-state index in [1.807, 2.05) is 6.07 Å². The molecule has 16 heavy (non-hydrogen) atoms. The predicted octanol–water partition coefficient (Wildman–Crippen LogP) is 1.98. The summed E-state index contributed by atoms with van der Waals surface area (Å²) in [5.74, 6) is -0.165. The second kappa shape index (κ2) is 3.54. The van der Waals surface area contributed by atoms with Gasteiger partial charge in [0.25, 0.3) is 0 Å². The van der Waals surface area contributed by atoms with Crippen molar-refractivity contribution in [1.29, 1.82) is 0 Å². The van der Waals surface area contributed by atoms with E-state index in [2.05, 4.69) is 12.2 Å². The first-order valence-electron chi connectivity index (χ1n) is 5.86. The van der Waals surface area contributed by atoms with Crippen LogP contribution in [0.2, 0.25) is 0 Å². The van der Waals surface area contributed by atoms with Gasteiger partial charge in [-0.3, -0.25) is 0 Å². The number of ether oxygens (including phenoxy) is 1. The third-order valence-electron chi connectivity index (χ3n) is 3.71. The lowest BCUT2D eigenvalue weighted by Gasteiger charge is -2.38. The molecule has 2 atom stereocenters. The number of halogens is 1. The zero-order valence-electron chi connectivity index (χ0n) is 9.42. The van der Waals surface area contributed by atoms with Crippen molar-refractivity contribution in [3.63, 3.8) is 0 Å². The first kappa shape index (κ1) is 10.2. The average molecular weight is 221 g/mol. The molecule has 2 aliphatic rings. The van der Waals surface area contributed by atoms with Gasteiger partial charge in [-0.1, -0.05) is 6.07 Å². The second-order valence-electron chi connectivity index (χ2n) is 4.89. The van der Waals surface area contributed by atoms with E-state index in [-0.39, 0.29) is 11.4 Å². The van der Waals surface area contributed by atoms with Crippen molar-refractivity contribution < 1.29 is 9.13 Å². The van der Waals surface area contributed by atoms with Crippen molar-refractivity contribution in [1.82, 2.24) is 5.32 Å². The number of morpholine rings is 1. The predicted molar refractivity (Wildman–Crippen MR) is 59.8 cm³/mol. The average Bonchev–Trinajstić information content (AvgIpc) is 2.62. The van der Waals surface area contributed by atoms with E-state index in [4.69, 9.17) is 4.74 Å². The SMILES string of the molecule is CC1COC2(CCc3ccc(F)cc32)CN1. The van der Waals surface area contributed by atoms with Crippen LogP contribution >= 0.6 is 0 Å². The van der Waals surface area contributed by atoms with E-state index in [1.54, 1.807) is 6.07 Å². The van der Waals surface area contributed by atoms with Crippen LogP contribution in [0.4, 0.5) is 4.39 Å². The molecule has 0 amide bonds. The third-order valence-corrected chi connectivity index (χ3v) is 3.71. The number of hydrogen-bond acceptors (Lipinski definition) is 2. The van der Waals surface area contributed by atoms with Crippen LogP contribution in [0.3, 0.4) is 0 Å². The fourth-order valence-corrected chi connectivity index (χ4v) is 2.73. The van der Waals surface area contributed by atoms with Crippen LogP contribution in [-0.4, -0.2) is 19.2 Å². The topological polar surface area (TPSA) is 21.3 Å². The Balaban J connectivity index is 1.98. The van der Waals surface area contributed by atoms with Gasteiger partial charge < -0.3 is 10.1 Å². The van der Waals surface area contributed by atoms with Crippen LogP contribution in [0.1, 0.15) is 24.5 Å². The van der Waals surface area contributed by atoms with Crippen molar-refractivity contribution >= 4 is 0 Å². The zero-order chi connectivity index (χ0) is 11.2. The zero-order valence-corrected chi connectivity index (χ0v) is 9.42. The van der Waals surface area contributed by atoms with Crippen LogP contribution in [0.5, 0.6) is 0 Å². The van der Waals surface area contributed by atoms with Crippen LogP contribution < -0.4 is 5.32 Å². The highest BCUT2D eigenvalue weighted by molar-refractivity contribution is 5.38. The minimum atomic E-state index is -0.274. The Morgan fingerprint density at radius 3 is 3.12 bits per heavy atom. The standard InChI is InChI=1S/C13H16FNO/c1-9-7-16-13(8-15-9)5-4-10-2-3-11(14)6-12(10)13/h2-3,6,9,15H,4-5,7-8H2,1H3. The van der Waals surface area contributed by atoms with Gasteiger partial charge in [0.15, 0.2) is 0 Å². The van der Waals surface area contributed by atoms with Gasteiger partial charge in [-0.15, -0.1) is 0 Å². The third kappa shape index (κ3) is 1.46. The van der Waals surface area contributed by atoms with Gasteiger partial charge in [-0.05, 0) is 43.0 Å². The summed E-state index contributed by atoms with van der Waals surface area (Å²) in [6, 6.07) is 5.46. The fraction of sp³-hybridized carbons (Fsp3) is 0.538. The molecule has 2 nitrogen and oxygen atoms in total. The Morgan fingerprint density at radius 1 is 1.50 bits per heavy atom. The monoisotopic (exact) mass is 221 g/mol. The second-order valence-corrected chi connectivity index (χ2v) is 4.89. The molecular weight excluding hydrogens is 205 g/mol. The van der Waals surface area contributed by atoms with Crippen molar-refractivity contribution in [2.45, 2.75) is 31.4 Å². The maximum absolute atomic E-state index is 13.3. The van der Waals surface area contributed by atoms with Crippen LogP contribution in [0.15, 0.2) is 18.2 Å². The smallest absolute Gasteiger partial charge is 0.123 e. The number of hydrogen-bond donors (Lipinski definition) is 1. The van der Waals surface area contributed by atoms with E-state index in [0.29, 0.717) is 12.6 Å². The van der Waals surface area contributed by atoms with E-state index >= 15 is 0 Å². The van der Waals surface area contributed by atoms with Crippen LogP contribution in [-0.2, 0) is 16.8 Å². The number of aryl methyl sites for hydroxylation is 1. The highest BCUT2D eigenvalue weighted by Crippen LogP contribution is 2.41. The molecule has 86 valence electrons. The molecule has 1 spiro atoms. The first-order valence-corrected chi connectivity index (χ1v) is 5.86. The van der Waals surface area contributed by atoms with Gasteiger partial charge in [0.05, 0.1) is 6.61 Å². The molecule has 1 aliphatic carbocycles. The van der Waals surface area contributed by atoms with Crippen molar-refractivity contribution in [2.24, 2.45) is 0 Å². The molecule has 3 heteroatoms. The van der Waals surface area contributed by atoms with Crippen molar-refractivity contribution in [3.05, 3.63) is 35.1 Å². The summed E-state index contributed by atoms with van der Waals surface area (Å²) in [4.78, 5) is 0.